The summed E-state index contributed by atoms with van der Waals surface area (Å²) in [5, 5.41) is 26.9. The summed E-state index contributed by atoms with van der Waals surface area (Å²) in [5.74, 6) is 0. The van der Waals surface area contributed by atoms with E-state index in [1.165, 1.54) is 0 Å². The number of aliphatic hydroxyl groups is 1. The smallest absolute Gasteiger partial charge is 0.315 e. The van der Waals surface area contributed by atoms with E-state index in [9.17, 15) is 15.2 Å². The lowest BCUT2D eigenvalue weighted by Crippen LogP contribution is -2.35. The van der Waals surface area contributed by atoms with Gasteiger partial charge in [-0.2, -0.15) is 0 Å². The number of hydrogen-bond acceptors (Lipinski definition) is 5. The number of aliphatic hydroxyl groups excluding tert-OH is 1. The van der Waals surface area contributed by atoms with Crippen molar-refractivity contribution in [2.45, 2.75) is 45.6 Å². The summed E-state index contributed by atoms with van der Waals surface area (Å²) in [4.78, 5) is 11.0. The van der Waals surface area contributed by atoms with Crippen molar-refractivity contribution in [1.82, 2.24) is 0 Å². The summed E-state index contributed by atoms with van der Waals surface area (Å²) in [6.45, 7) is 6.69. The van der Waals surface area contributed by atoms with Crippen LogP contribution >= 0.6 is 0 Å². The van der Waals surface area contributed by atoms with Gasteiger partial charge in [-0.3, -0.25) is 10.1 Å². The normalized spacial score (nSPS) is 13.5. The van der Waals surface area contributed by atoms with Crippen molar-refractivity contribution in [2.75, 3.05) is 23.8 Å². The number of nitro benzene ring substituents is 1. The van der Waals surface area contributed by atoms with Gasteiger partial charge in [-0.05, 0) is 38.3 Å². The number of rotatable bonds is 9. The molecule has 1 aromatic rings. The fraction of sp³-hybridized carbons (Fsp3) is 0.600. The molecule has 1 atom stereocenters. The molecule has 0 saturated heterocycles. The van der Waals surface area contributed by atoms with Crippen molar-refractivity contribution in [3.8, 4) is 0 Å². The third-order valence-corrected chi connectivity index (χ3v) is 3.66. The zero-order valence-electron chi connectivity index (χ0n) is 13.0. The van der Waals surface area contributed by atoms with E-state index >= 15 is 0 Å². The second-order valence-corrected chi connectivity index (χ2v) is 5.40. The molecular weight excluding hydrogens is 270 g/mol. The zero-order chi connectivity index (χ0) is 15.9. The number of benzene rings is 1. The van der Waals surface area contributed by atoms with E-state index < -0.39 is 0 Å². The minimum atomic E-state index is -0.372. The third kappa shape index (κ3) is 4.60. The van der Waals surface area contributed by atoms with E-state index in [4.69, 9.17) is 0 Å². The average Bonchev–Trinajstić information content (AvgIpc) is 2.45. The Balaban J connectivity index is 3.13. The molecule has 0 fully saturated rings. The van der Waals surface area contributed by atoms with E-state index in [2.05, 4.69) is 10.6 Å². The molecule has 118 valence electrons. The first kappa shape index (κ1) is 17.2. The van der Waals surface area contributed by atoms with Crippen LogP contribution in [-0.2, 0) is 0 Å². The van der Waals surface area contributed by atoms with E-state index in [-0.39, 0.29) is 22.8 Å². The van der Waals surface area contributed by atoms with Gasteiger partial charge in [0.05, 0.1) is 4.92 Å². The summed E-state index contributed by atoms with van der Waals surface area (Å²) >= 11 is 0. The molecule has 1 unspecified atom stereocenters. The van der Waals surface area contributed by atoms with Gasteiger partial charge in [0.2, 0.25) is 0 Å². The Morgan fingerprint density at radius 3 is 2.52 bits per heavy atom. The monoisotopic (exact) mass is 295 g/mol. The molecule has 0 aliphatic carbocycles. The number of nitrogens with one attached hydrogen (secondary N) is 2. The molecule has 1 aromatic carbocycles. The van der Waals surface area contributed by atoms with Crippen LogP contribution in [0.2, 0.25) is 0 Å². The first-order valence-corrected chi connectivity index (χ1v) is 7.37. The van der Waals surface area contributed by atoms with Crippen LogP contribution in [0, 0.1) is 10.1 Å². The predicted molar refractivity (Wildman–Crippen MR) is 85.9 cm³/mol. The number of anilines is 2. The molecule has 0 heterocycles. The van der Waals surface area contributed by atoms with E-state index in [1.54, 1.807) is 18.2 Å². The predicted octanol–water partition coefficient (Wildman–Crippen LogP) is 3.38. The molecule has 0 saturated carbocycles. The Kier molecular flexibility index (Phi) is 6.42. The molecule has 3 N–H and O–H groups in total. The Morgan fingerprint density at radius 1 is 1.33 bits per heavy atom. The Morgan fingerprint density at radius 2 is 2.00 bits per heavy atom. The lowest BCUT2D eigenvalue weighted by atomic mass is 9.94. The van der Waals surface area contributed by atoms with Crippen LogP contribution in [0.1, 0.15) is 40.0 Å². The second kappa shape index (κ2) is 7.83. The van der Waals surface area contributed by atoms with E-state index in [0.717, 1.165) is 12.8 Å². The van der Waals surface area contributed by atoms with Gasteiger partial charge in [-0.25, -0.2) is 0 Å². The van der Waals surface area contributed by atoms with Crippen LogP contribution < -0.4 is 10.6 Å². The van der Waals surface area contributed by atoms with Crippen molar-refractivity contribution < 1.29 is 10.0 Å². The van der Waals surface area contributed by atoms with E-state index in [1.807, 2.05) is 20.8 Å². The maximum absolute atomic E-state index is 11.4. The summed E-state index contributed by atoms with van der Waals surface area (Å²) in [6, 6.07) is 5.22. The van der Waals surface area contributed by atoms with Gasteiger partial charge < -0.3 is 15.7 Å². The van der Waals surface area contributed by atoms with Crippen molar-refractivity contribution in [2.24, 2.45) is 0 Å². The van der Waals surface area contributed by atoms with Crippen LogP contribution in [0.4, 0.5) is 17.1 Å². The molecule has 0 bridgehead atoms. The molecule has 6 nitrogen and oxygen atoms in total. The first-order valence-electron chi connectivity index (χ1n) is 7.37. The molecule has 0 amide bonds. The lowest BCUT2D eigenvalue weighted by Gasteiger charge is -2.30. The Labute approximate surface area is 125 Å². The minimum absolute atomic E-state index is 0.0406. The largest absolute Gasteiger partial charge is 0.396 e. The fourth-order valence-corrected chi connectivity index (χ4v) is 2.14. The number of hydrogen-bond donors (Lipinski definition) is 3. The molecule has 0 aromatic heterocycles. The van der Waals surface area contributed by atoms with Crippen molar-refractivity contribution in [3.05, 3.63) is 28.3 Å². The van der Waals surface area contributed by atoms with Gasteiger partial charge >= 0.3 is 5.69 Å². The van der Waals surface area contributed by atoms with Gasteiger partial charge in [0.15, 0.2) is 0 Å². The lowest BCUT2D eigenvalue weighted by molar-refractivity contribution is -0.383. The molecular formula is C15H25N3O3. The maximum atomic E-state index is 11.4. The van der Waals surface area contributed by atoms with Gasteiger partial charge in [0.25, 0.3) is 0 Å². The molecule has 21 heavy (non-hydrogen) atoms. The van der Waals surface area contributed by atoms with Crippen LogP contribution in [0.15, 0.2) is 18.2 Å². The zero-order valence-corrected chi connectivity index (χ0v) is 13.0. The molecule has 1 rings (SSSR count). The summed E-state index contributed by atoms with van der Waals surface area (Å²) < 4.78 is 0. The molecule has 6 heteroatoms. The van der Waals surface area contributed by atoms with Crippen LogP contribution in [0.3, 0.4) is 0 Å². The number of para-hydroxylation sites is 1. The topological polar surface area (TPSA) is 87.4 Å². The van der Waals surface area contributed by atoms with Crippen molar-refractivity contribution in [3.63, 3.8) is 0 Å². The summed E-state index contributed by atoms with van der Waals surface area (Å²) in [6.07, 6.45) is 2.19. The van der Waals surface area contributed by atoms with Crippen molar-refractivity contribution >= 4 is 17.1 Å². The number of nitro groups is 1. The highest BCUT2D eigenvalue weighted by Gasteiger charge is 2.27. The van der Waals surface area contributed by atoms with Gasteiger partial charge in [-0.1, -0.05) is 19.9 Å². The standard InChI is InChI=1S/C15H25N3O3/c1-4-10-16-12-7-6-8-13(14(12)18(20)21)17-15(3,5-2)9-11-19/h6-8,16-17,19H,4-5,9-11H2,1-3H3. The average molecular weight is 295 g/mol. The summed E-state index contributed by atoms with van der Waals surface area (Å²) in [7, 11) is 0. The highest BCUT2D eigenvalue weighted by atomic mass is 16.6. The molecule has 0 spiro atoms. The highest BCUT2D eigenvalue weighted by Crippen LogP contribution is 2.35. The van der Waals surface area contributed by atoms with Gasteiger partial charge in [0, 0.05) is 18.7 Å². The Bertz CT molecular complexity index is 479. The maximum Gasteiger partial charge on any atom is 0.315 e. The summed E-state index contributed by atoms with van der Waals surface area (Å²) in [5.41, 5.74) is 0.694. The van der Waals surface area contributed by atoms with E-state index in [0.29, 0.717) is 24.3 Å². The third-order valence-electron chi connectivity index (χ3n) is 3.66. The quantitative estimate of drug-likeness (QED) is 0.480. The van der Waals surface area contributed by atoms with Crippen LogP contribution in [0.5, 0.6) is 0 Å². The second-order valence-electron chi connectivity index (χ2n) is 5.40. The van der Waals surface area contributed by atoms with Crippen LogP contribution in [-0.4, -0.2) is 28.7 Å². The molecule has 0 aliphatic rings. The van der Waals surface area contributed by atoms with Crippen molar-refractivity contribution in [1.29, 1.82) is 0 Å². The number of nitrogens with zero attached hydrogens (tertiary/aromatic N) is 1. The van der Waals surface area contributed by atoms with Crippen LogP contribution in [0.25, 0.3) is 0 Å². The van der Waals surface area contributed by atoms with Gasteiger partial charge in [-0.15, -0.1) is 0 Å². The fourth-order valence-electron chi connectivity index (χ4n) is 2.14. The van der Waals surface area contributed by atoms with Gasteiger partial charge in [0.1, 0.15) is 11.4 Å². The highest BCUT2D eigenvalue weighted by molar-refractivity contribution is 5.76. The SMILES string of the molecule is CCCNc1cccc(NC(C)(CC)CCO)c1[N+](=O)[O-]. The molecule has 0 aliphatic heterocycles. The molecule has 0 radical (unpaired) electrons. The Hall–Kier alpha value is -1.82. The first-order chi connectivity index (χ1) is 9.97. The minimum Gasteiger partial charge on any atom is -0.396 e.